The molecule has 0 radical (unpaired) electrons. The van der Waals surface area contributed by atoms with Crippen molar-refractivity contribution >= 4 is 27.3 Å². The molecule has 0 atom stereocenters. The molecule has 0 aliphatic carbocycles. The number of carbonyl (C=O) groups excluding carboxylic acids is 2. The fraction of sp³-hybridized carbons (Fsp3) is 0.231. The number of anilines is 1. The topological polar surface area (TPSA) is 139 Å². The lowest BCUT2D eigenvalue weighted by atomic mass is 9.94. The van der Waals surface area contributed by atoms with Gasteiger partial charge in [-0.15, -0.1) is 0 Å². The standard InChI is InChI=1S/C26H27N3O6S/c1-18-2-8-21(9-3-18)35-22-10-12-23(13-11-22)36(33,34)26(25(31)28-32)14-16-29(17-15-26)24(30)19-4-6-20(27)7-5-19/h2-13,32H,14-17,27H2,1H3,(H,28,31). The van der Waals surface area contributed by atoms with Crippen molar-refractivity contribution in [1.82, 2.24) is 10.4 Å². The molecule has 3 aromatic carbocycles. The average molecular weight is 510 g/mol. The van der Waals surface area contributed by atoms with Gasteiger partial charge >= 0.3 is 0 Å². The van der Waals surface area contributed by atoms with E-state index in [4.69, 9.17) is 10.5 Å². The van der Waals surface area contributed by atoms with E-state index in [2.05, 4.69) is 0 Å². The van der Waals surface area contributed by atoms with Gasteiger partial charge in [0, 0.05) is 24.3 Å². The second-order valence-electron chi connectivity index (χ2n) is 8.74. The number of benzene rings is 3. The predicted octanol–water partition coefficient (Wildman–Crippen LogP) is 3.32. The number of carbonyl (C=O) groups is 2. The van der Waals surface area contributed by atoms with E-state index < -0.39 is 20.5 Å². The summed E-state index contributed by atoms with van der Waals surface area (Å²) in [6.45, 7) is 2.00. The van der Waals surface area contributed by atoms with Crippen LogP contribution < -0.4 is 16.0 Å². The van der Waals surface area contributed by atoms with Crippen LogP contribution in [-0.2, 0) is 14.6 Å². The first-order chi connectivity index (χ1) is 17.2. The van der Waals surface area contributed by atoms with Crippen molar-refractivity contribution in [2.75, 3.05) is 18.8 Å². The Kier molecular flexibility index (Phi) is 7.00. The van der Waals surface area contributed by atoms with Crippen LogP contribution in [0.25, 0.3) is 0 Å². The molecular weight excluding hydrogens is 482 g/mol. The summed E-state index contributed by atoms with van der Waals surface area (Å²) in [6.07, 6.45) is -0.353. The van der Waals surface area contributed by atoms with Crippen LogP contribution in [0.15, 0.2) is 77.7 Å². The number of likely N-dealkylation sites (tertiary alicyclic amines) is 1. The van der Waals surface area contributed by atoms with Gasteiger partial charge in [-0.2, -0.15) is 0 Å². The first-order valence-electron chi connectivity index (χ1n) is 11.3. The Hall–Kier alpha value is -3.89. The molecule has 9 nitrogen and oxygen atoms in total. The van der Waals surface area contributed by atoms with Crippen LogP contribution in [0.3, 0.4) is 0 Å². The van der Waals surface area contributed by atoms with E-state index in [1.807, 2.05) is 19.1 Å². The van der Waals surface area contributed by atoms with Crippen molar-refractivity contribution in [2.24, 2.45) is 0 Å². The Labute approximate surface area is 209 Å². The van der Waals surface area contributed by atoms with Gasteiger partial charge in [0.25, 0.3) is 11.8 Å². The predicted molar refractivity (Wildman–Crippen MR) is 134 cm³/mol. The minimum Gasteiger partial charge on any atom is -0.457 e. The molecule has 4 N–H and O–H groups in total. The largest absolute Gasteiger partial charge is 0.457 e. The molecule has 10 heteroatoms. The second-order valence-corrected chi connectivity index (χ2v) is 11.0. The smallest absolute Gasteiger partial charge is 0.265 e. The van der Waals surface area contributed by atoms with E-state index in [1.54, 1.807) is 36.4 Å². The summed E-state index contributed by atoms with van der Waals surface area (Å²) in [5.74, 6) is -0.280. The second kappa shape index (κ2) is 10.00. The molecule has 0 bridgehead atoms. The number of piperidine rings is 1. The molecule has 1 fully saturated rings. The number of nitrogens with two attached hydrogens (primary N) is 1. The lowest BCUT2D eigenvalue weighted by Crippen LogP contribution is -2.58. The van der Waals surface area contributed by atoms with Crippen molar-refractivity contribution in [1.29, 1.82) is 0 Å². The van der Waals surface area contributed by atoms with E-state index in [-0.39, 0.29) is 36.7 Å². The molecule has 188 valence electrons. The Morgan fingerprint density at radius 3 is 1.97 bits per heavy atom. The summed E-state index contributed by atoms with van der Waals surface area (Å²) in [6, 6.07) is 19.6. The van der Waals surface area contributed by atoms with Crippen molar-refractivity contribution in [2.45, 2.75) is 29.4 Å². The maximum absolute atomic E-state index is 13.7. The lowest BCUT2D eigenvalue weighted by molar-refractivity contribution is -0.133. The molecule has 1 aliphatic rings. The maximum Gasteiger partial charge on any atom is 0.265 e. The summed E-state index contributed by atoms with van der Waals surface area (Å²) in [5.41, 5.74) is 9.21. The fourth-order valence-electron chi connectivity index (χ4n) is 4.25. The molecular formula is C26H27N3O6S. The number of sulfone groups is 1. The first-order valence-corrected chi connectivity index (χ1v) is 12.8. The van der Waals surface area contributed by atoms with Crippen molar-refractivity contribution in [3.8, 4) is 11.5 Å². The highest BCUT2D eigenvalue weighted by Crippen LogP contribution is 2.37. The highest BCUT2D eigenvalue weighted by molar-refractivity contribution is 7.93. The summed E-state index contributed by atoms with van der Waals surface area (Å²) in [7, 11) is -4.23. The zero-order valence-corrected chi connectivity index (χ0v) is 20.5. The molecule has 0 saturated carbocycles. The van der Waals surface area contributed by atoms with Crippen molar-refractivity contribution < 1.29 is 28.0 Å². The van der Waals surface area contributed by atoms with Gasteiger partial charge in [-0.25, -0.2) is 13.9 Å². The monoisotopic (exact) mass is 509 g/mol. The molecule has 1 saturated heterocycles. The number of aryl methyl sites for hydroxylation is 1. The summed E-state index contributed by atoms with van der Waals surface area (Å²) in [4.78, 5) is 27.0. The SMILES string of the molecule is Cc1ccc(Oc2ccc(S(=O)(=O)C3(C(=O)NO)CCN(C(=O)c4ccc(N)cc4)CC3)cc2)cc1. The molecule has 1 aliphatic heterocycles. The van der Waals surface area contributed by atoms with Crippen LogP contribution in [0.4, 0.5) is 5.69 Å². The molecule has 36 heavy (non-hydrogen) atoms. The molecule has 0 unspecified atom stereocenters. The number of nitrogens with zero attached hydrogens (tertiary/aromatic N) is 1. The van der Waals surface area contributed by atoms with E-state index in [1.165, 1.54) is 34.6 Å². The third kappa shape index (κ3) is 4.77. The van der Waals surface area contributed by atoms with Crippen LogP contribution in [0.5, 0.6) is 11.5 Å². The van der Waals surface area contributed by atoms with Gasteiger partial charge in [-0.05, 0) is 80.4 Å². The van der Waals surface area contributed by atoms with Gasteiger partial charge in [0.05, 0.1) is 4.90 Å². The fourth-order valence-corrected chi connectivity index (χ4v) is 6.21. The molecule has 1 heterocycles. The number of rotatable bonds is 6. The Morgan fingerprint density at radius 1 is 0.917 bits per heavy atom. The number of nitrogens with one attached hydrogen (secondary N) is 1. The first kappa shape index (κ1) is 25.2. The quantitative estimate of drug-likeness (QED) is 0.263. The molecule has 0 spiro atoms. The Morgan fingerprint density at radius 2 is 1.44 bits per heavy atom. The average Bonchev–Trinajstić information content (AvgIpc) is 2.90. The Balaban J connectivity index is 1.54. The zero-order valence-electron chi connectivity index (χ0n) is 19.7. The Bertz CT molecular complexity index is 1350. The van der Waals surface area contributed by atoms with E-state index >= 15 is 0 Å². The third-order valence-electron chi connectivity index (χ3n) is 6.44. The van der Waals surface area contributed by atoms with E-state index in [0.29, 0.717) is 22.7 Å². The van der Waals surface area contributed by atoms with Crippen molar-refractivity contribution in [3.05, 3.63) is 83.9 Å². The maximum atomic E-state index is 13.7. The summed E-state index contributed by atoms with van der Waals surface area (Å²) in [5, 5.41) is 9.39. The minimum absolute atomic E-state index is 0.0183. The zero-order chi connectivity index (χ0) is 25.9. The van der Waals surface area contributed by atoms with Gasteiger partial charge in [0.1, 0.15) is 11.5 Å². The molecule has 0 aromatic heterocycles. The summed E-state index contributed by atoms with van der Waals surface area (Å²) >= 11 is 0. The number of hydrogen-bond acceptors (Lipinski definition) is 7. The molecule has 4 rings (SSSR count). The number of hydroxylamine groups is 1. The highest BCUT2D eigenvalue weighted by atomic mass is 32.2. The van der Waals surface area contributed by atoms with Gasteiger partial charge in [-0.1, -0.05) is 17.7 Å². The number of hydrogen-bond donors (Lipinski definition) is 3. The van der Waals surface area contributed by atoms with Crippen LogP contribution in [0, 0.1) is 6.92 Å². The number of ether oxygens (including phenoxy) is 1. The molecule has 2 amide bonds. The molecule has 3 aromatic rings. The lowest BCUT2D eigenvalue weighted by Gasteiger charge is -2.39. The van der Waals surface area contributed by atoms with Crippen LogP contribution in [0.2, 0.25) is 0 Å². The van der Waals surface area contributed by atoms with Gasteiger partial charge < -0.3 is 15.4 Å². The van der Waals surface area contributed by atoms with Gasteiger partial charge in [0.2, 0.25) is 0 Å². The van der Waals surface area contributed by atoms with E-state index in [0.717, 1.165) is 5.56 Å². The summed E-state index contributed by atoms with van der Waals surface area (Å²) < 4.78 is 31.2. The normalized spacial score (nSPS) is 15.2. The highest BCUT2D eigenvalue weighted by Gasteiger charge is 2.53. The van der Waals surface area contributed by atoms with Crippen molar-refractivity contribution in [3.63, 3.8) is 0 Å². The number of amides is 2. The van der Waals surface area contributed by atoms with Gasteiger partial charge in [-0.3, -0.25) is 14.8 Å². The third-order valence-corrected chi connectivity index (χ3v) is 8.95. The minimum atomic E-state index is -4.23. The van der Waals surface area contributed by atoms with E-state index in [9.17, 15) is 23.2 Å². The van der Waals surface area contributed by atoms with Gasteiger partial charge in [0.15, 0.2) is 14.6 Å². The van der Waals surface area contributed by atoms with Crippen LogP contribution in [-0.4, -0.2) is 48.2 Å². The van der Waals surface area contributed by atoms with Crippen LogP contribution >= 0.6 is 0 Å². The number of nitrogen functional groups attached to an aromatic ring is 1. The van der Waals surface area contributed by atoms with Crippen LogP contribution in [0.1, 0.15) is 28.8 Å².